The Bertz CT molecular complexity index is 236. The maximum atomic E-state index is 12.4. The Morgan fingerprint density at radius 2 is 1.88 bits per heavy atom. The summed E-state index contributed by atoms with van der Waals surface area (Å²) >= 11 is 0. The summed E-state index contributed by atoms with van der Waals surface area (Å²) in [6, 6.07) is 0.442. The van der Waals surface area contributed by atoms with Crippen LogP contribution in [0.1, 0.15) is 45.4 Å². The summed E-state index contributed by atoms with van der Waals surface area (Å²) in [5.74, 6) is 0.618. The Labute approximate surface area is 98.1 Å². The van der Waals surface area contributed by atoms with Gasteiger partial charge in [-0.3, -0.25) is 4.79 Å². The van der Waals surface area contributed by atoms with Crippen LogP contribution in [0.3, 0.4) is 0 Å². The van der Waals surface area contributed by atoms with Crippen LogP contribution >= 0.6 is 0 Å². The van der Waals surface area contributed by atoms with E-state index in [4.69, 9.17) is 4.74 Å². The van der Waals surface area contributed by atoms with Crippen molar-refractivity contribution in [1.82, 2.24) is 4.90 Å². The molecule has 0 spiro atoms. The van der Waals surface area contributed by atoms with Gasteiger partial charge in [0.25, 0.3) is 0 Å². The van der Waals surface area contributed by atoms with Gasteiger partial charge in [-0.05, 0) is 32.6 Å². The fourth-order valence-corrected chi connectivity index (χ4v) is 2.78. The van der Waals surface area contributed by atoms with Crippen LogP contribution in [-0.2, 0) is 9.53 Å². The first-order valence-corrected chi connectivity index (χ1v) is 6.67. The third-order valence-electron chi connectivity index (χ3n) is 3.91. The number of hydrogen-bond acceptors (Lipinski definition) is 2. The minimum absolute atomic E-state index is 0.231. The molecule has 1 amide bonds. The van der Waals surface area contributed by atoms with Gasteiger partial charge in [-0.25, -0.2) is 0 Å². The SMILES string of the molecule is CC1CCCCCN1C(=O)C1CCOCC1. The van der Waals surface area contributed by atoms with Crippen molar-refractivity contribution in [3.05, 3.63) is 0 Å². The van der Waals surface area contributed by atoms with Crippen LogP contribution in [0.4, 0.5) is 0 Å². The quantitative estimate of drug-likeness (QED) is 0.684. The van der Waals surface area contributed by atoms with Crippen LogP contribution in [-0.4, -0.2) is 36.6 Å². The lowest BCUT2D eigenvalue weighted by molar-refractivity contribution is -0.140. The second-order valence-corrected chi connectivity index (χ2v) is 5.12. The molecule has 2 aliphatic rings. The largest absolute Gasteiger partial charge is 0.381 e. The molecule has 0 aromatic rings. The standard InChI is InChI=1S/C13H23NO2/c1-11-5-3-2-4-8-14(11)13(15)12-6-9-16-10-7-12/h11-12H,2-10H2,1H3. The highest BCUT2D eigenvalue weighted by atomic mass is 16.5. The van der Waals surface area contributed by atoms with E-state index in [9.17, 15) is 4.79 Å². The molecule has 2 rings (SSSR count). The Morgan fingerprint density at radius 1 is 1.12 bits per heavy atom. The van der Waals surface area contributed by atoms with Crippen LogP contribution in [0.25, 0.3) is 0 Å². The molecule has 92 valence electrons. The number of ether oxygens (including phenoxy) is 1. The molecule has 2 heterocycles. The number of nitrogens with zero attached hydrogens (tertiary/aromatic N) is 1. The van der Waals surface area contributed by atoms with E-state index >= 15 is 0 Å². The summed E-state index contributed by atoms with van der Waals surface area (Å²) in [5, 5.41) is 0. The zero-order chi connectivity index (χ0) is 11.4. The van der Waals surface area contributed by atoms with Crippen molar-refractivity contribution in [3.8, 4) is 0 Å². The Morgan fingerprint density at radius 3 is 2.62 bits per heavy atom. The molecule has 2 fully saturated rings. The number of rotatable bonds is 1. The number of carbonyl (C=O) groups excluding carboxylic acids is 1. The van der Waals surface area contributed by atoms with Crippen LogP contribution in [0, 0.1) is 5.92 Å². The van der Waals surface area contributed by atoms with Crippen molar-refractivity contribution in [1.29, 1.82) is 0 Å². The summed E-state index contributed by atoms with van der Waals surface area (Å²) in [6.07, 6.45) is 6.75. The van der Waals surface area contributed by atoms with Gasteiger partial charge >= 0.3 is 0 Å². The summed E-state index contributed by atoms with van der Waals surface area (Å²) < 4.78 is 5.32. The molecule has 1 atom stereocenters. The minimum atomic E-state index is 0.231. The maximum absolute atomic E-state index is 12.4. The Balaban J connectivity index is 1.95. The Kier molecular flexibility index (Phi) is 4.22. The number of carbonyl (C=O) groups is 1. The van der Waals surface area contributed by atoms with Crippen LogP contribution in [0.15, 0.2) is 0 Å². The minimum Gasteiger partial charge on any atom is -0.381 e. The van der Waals surface area contributed by atoms with E-state index in [0.717, 1.165) is 32.6 Å². The molecule has 16 heavy (non-hydrogen) atoms. The summed E-state index contributed by atoms with van der Waals surface area (Å²) in [4.78, 5) is 14.5. The van der Waals surface area contributed by atoms with Gasteiger partial charge in [-0.1, -0.05) is 12.8 Å². The van der Waals surface area contributed by atoms with Crippen molar-refractivity contribution in [2.75, 3.05) is 19.8 Å². The van der Waals surface area contributed by atoms with Gasteiger partial charge in [0, 0.05) is 31.7 Å². The summed E-state index contributed by atoms with van der Waals surface area (Å²) in [6.45, 7) is 4.69. The van der Waals surface area contributed by atoms with E-state index in [2.05, 4.69) is 11.8 Å². The maximum Gasteiger partial charge on any atom is 0.226 e. The van der Waals surface area contributed by atoms with E-state index in [1.165, 1.54) is 25.7 Å². The van der Waals surface area contributed by atoms with Gasteiger partial charge in [0.15, 0.2) is 0 Å². The van der Waals surface area contributed by atoms with Crippen molar-refractivity contribution < 1.29 is 9.53 Å². The van der Waals surface area contributed by atoms with E-state index in [1.807, 2.05) is 0 Å². The Hall–Kier alpha value is -0.570. The highest BCUT2D eigenvalue weighted by Crippen LogP contribution is 2.23. The van der Waals surface area contributed by atoms with Gasteiger partial charge in [0.1, 0.15) is 0 Å². The fourth-order valence-electron chi connectivity index (χ4n) is 2.78. The van der Waals surface area contributed by atoms with Crippen LogP contribution in [0.2, 0.25) is 0 Å². The van der Waals surface area contributed by atoms with Crippen LogP contribution < -0.4 is 0 Å². The highest BCUT2D eigenvalue weighted by molar-refractivity contribution is 5.79. The molecule has 0 radical (unpaired) electrons. The number of amides is 1. The second kappa shape index (κ2) is 5.67. The normalized spacial score (nSPS) is 28.8. The average molecular weight is 225 g/mol. The summed E-state index contributed by atoms with van der Waals surface area (Å²) in [5.41, 5.74) is 0. The van der Waals surface area contributed by atoms with Gasteiger partial charge in [-0.15, -0.1) is 0 Å². The first-order chi connectivity index (χ1) is 7.79. The molecule has 1 unspecified atom stereocenters. The van der Waals surface area contributed by atoms with Gasteiger partial charge in [-0.2, -0.15) is 0 Å². The second-order valence-electron chi connectivity index (χ2n) is 5.12. The third-order valence-corrected chi connectivity index (χ3v) is 3.91. The van der Waals surface area contributed by atoms with E-state index in [-0.39, 0.29) is 5.92 Å². The first-order valence-electron chi connectivity index (χ1n) is 6.67. The van der Waals surface area contributed by atoms with Gasteiger partial charge in [0.05, 0.1) is 0 Å². The lowest BCUT2D eigenvalue weighted by atomic mass is 9.97. The molecule has 0 bridgehead atoms. The molecule has 0 aromatic carbocycles. The third kappa shape index (κ3) is 2.76. The summed E-state index contributed by atoms with van der Waals surface area (Å²) in [7, 11) is 0. The molecule has 2 saturated heterocycles. The van der Waals surface area contributed by atoms with E-state index in [1.54, 1.807) is 0 Å². The molecular formula is C13H23NO2. The monoisotopic (exact) mass is 225 g/mol. The molecule has 0 saturated carbocycles. The first kappa shape index (κ1) is 11.9. The molecule has 2 aliphatic heterocycles. The lowest BCUT2D eigenvalue weighted by Crippen LogP contribution is -2.43. The van der Waals surface area contributed by atoms with E-state index < -0.39 is 0 Å². The lowest BCUT2D eigenvalue weighted by Gasteiger charge is -2.32. The smallest absolute Gasteiger partial charge is 0.226 e. The van der Waals surface area contributed by atoms with Crippen molar-refractivity contribution in [2.24, 2.45) is 5.92 Å². The predicted octanol–water partition coefficient (Wildman–Crippen LogP) is 2.20. The molecular weight excluding hydrogens is 202 g/mol. The topological polar surface area (TPSA) is 29.5 Å². The van der Waals surface area contributed by atoms with E-state index in [0.29, 0.717) is 11.9 Å². The zero-order valence-corrected chi connectivity index (χ0v) is 10.3. The van der Waals surface area contributed by atoms with Gasteiger partial charge < -0.3 is 9.64 Å². The van der Waals surface area contributed by atoms with Crippen molar-refractivity contribution in [3.63, 3.8) is 0 Å². The number of hydrogen-bond donors (Lipinski definition) is 0. The highest BCUT2D eigenvalue weighted by Gasteiger charge is 2.29. The van der Waals surface area contributed by atoms with Crippen molar-refractivity contribution in [2.45, 2.75) is 51.5 Å². The molecule has 3 heteroatoms. The van der Waals surface area contributed by atoms with Crippen molar-refractivity contribution >= 4 is 5.91 Å². The average Bonchev–Trinajstić information content (AvgIpc) is 2.54. The predicted molar refractivity (Wildman–Crippen MR) is 63.2 cm³/mol. The molecule has 0 N–H and O–H groups in total. The molecule has 3 nitrogen and oxygen atoms in total. The van der Waals surface area contributed by atoms with Gasteiger partial charge in [0.2, 0.25) is 5.91 Å². The fraction of sp³-hybridized carbons (Fsp3) is 0.923. The molecule has 0 aliphatic carbocycles. The number of likely N-dealkylation sites (tertiary alicyclic amines) is 1. The van der Waals surface area contributed by atoms with Crippen LogP contribution in [0.5, 0.6) is 0 Å². The molecule has 0 aromatic heterocycles. The zero-order valence-electron chi connectivity index (χ0n) is 10.3.